The Morgan fingerprint density at radius 1 is 1.31 bits per heavy atom. The lowest BCUT2D eigenvalue weighted by Crippen LogP contribution is -2.38. The van der Waals surface area contributed by atoms with Crippen molar-refractivity contribution in [1.82, 2.24) is 0 Å². The van der Waals surface area contributed by atoms with E-state index < -0.39 is 12.0 Å². The summed E-state index contributed by atoms with van der Waals surface area (Å²) >= 11 is 0. The van der Waals surface area contributed by atoms with Gasteiger partial charge in [0, 0.05) is 12.7 Å². The molecule has 0 aromatic heterocycles. The second-order valence-corrected chi connectivity index (χ2v) is 4.22. The Morgan fingerprint density at radius 2 is 1.81 bits per heavy atom. The molecule has 16 heavy (non-hydrogen) atoms. The SMILES string of the molecule is CC[C@@H](C(=O)O)N(C)c1cc(C)cc(C)c1. The fourth-order valence-electron chi connectivity index (χ4n) is 1.95. The number of rotatable bonds is 4. The zero-order valence-corrected chi connectivity index (χ0v) is 10.3. The molecule has 0 aliphatic heterocycles. The second kappa shape index (κ2) is 5.01. The Labute approximate surface area is 96.7 Å². The number of likely N-dealkylation sites (N-methyl/N-ethyl adjacent to an activating group) is 1. The minimum Gasteiger partial charge on any atom is -0.480 e. The molecule has 0 aliphatic rings. The second-order valence-electron chi connectivity index (χ2n) is 4.22. The van der Waals surface area contributed by atoms with Gasteiger partial charge in [-0.05, 0) is 43.5 Å². The number of carboxylic acid groups (broad SMARTS) is 1. The lowest BCUT2D eigenvalue weighted by molar-refractivity contribution is -0.138. The van der Waals surface area contributed by atoms with Crippen molar-refractivity contribution >= 4 is 11.7 Å². The van der Waals surface area contributed by atoms with Crippen molar-refractivity contribution in [3.05, 3.63) is 29.3 Å². The van der Waals surface area contributed by atoms with Crippen LogP contribution >= 0.6 is 0 Å². The van der Waals surface area contributed by atoms with Crippen LogP contribution in [0.2, 0.25) is 0 Å². The topological polar surface area (TPSA) is 40.5 Å². The lowest BCUT2D eigenvalue weighted by Gasteiger charge is -2.26. The highest BCUT2D eigenvalue weighted by Gasteiger charge is 2.20. The van der Waals surface area contributed by atoms with Crippen LogP contribution in [0.3, 0.4) is 0 Å². The van der Waals surface area contributed by atoms with Gasteiger partial charge >= 0.3 is 5.97 Å². The molecule has 0 radical (unpaired) electrons. The molecular formula is C13H19NO2. The minimum atomic E-state index is -0.774. The van der Waals surface area contributed by atoms with E-state index in [1.807, 2.05) is 44.9 Å². The number of nitrogens with zero attached hydrogens (tertiary/aromatic N) is 1. The highest BCUT2D eigenvalue weighted by atomic mass is 16.4. The fourth-order valence-corrected chi connectivity index (χ4v) is 1.95. The fraction of sp³-hybridized carbons (Fsp3) is 0.462. The molecule has 0 spiro atoms. The van der Waals surface area contributed by atoms with Crippen LogP contribution < -0.4 is 4.90 Å². The van der Waals surface area contributed by atoms with Crippen molar-refractivity contribution in [1.29, 1.82) is 0 Å². The zero-order chi connectivity index (χ0) is 12.3. The quantitative estimate of drug-likeness (QED) is 0.849. The summed E-state index contributed by atoms with van der Waals surface area (Å²) in [5.41, 5.74) is 3.27. The Kier molecular flexibility index (Phi) is 3.93. The van der Waals surface area contributed by atoms with Gasteiger partial charge in [0.2, 0.25) is 0 Å². The molecule has 0 bridgehead atoms. The number of aliphatic carboxylic acids is 1. The van der Waals surface area contributed by atoms with Gasteiger partial charge < -0.3 is 10.0 Å². The van der Waals surface area contributed by atoms with E-state index in [1.165, 1.54) is 0 Å². The van der Waals surface area contributed by atoms with E-state index in [-0.39, 0.29) is 0 Å². The lowest BCUT2D eigenvalue weighted by atomic mass is 10.1. The van der Waals surface area contributed by atoms with Crippen molar-refractivity contribution < 1.29 is 9.90 Å². The van der Waals surface area contributed by atoms with Crippen molar-refractivity contribution in [2.45, 2.75) is 33.2 Å². The third-order valence-electron chi connectivity index (χ3n) is 2.75. The van der Waals surface area contributed by atoms with Crippen LogP contribution in [-0.4, -0.2) is 24.2 Å². The average molecular weight is 221 g/mol. The molecule has 0 amide bonds. The van der Waals surface area contributed by atoms with E-state index in [1.54, 1.807) is 0 Å². The van der Waals surface area contributed by atoms with Crippen LogP contribution in [0.1, 0.15) is 24.5 Å². The van der Waals surface area contributed by atoms with Gasteiger partial charge in [-0.3, -0.25) is 0 Å². The molecule has 1 atom stereocenters. The summed E-state index contributed by atoms with van der Waals surface area (Å²) in [4.78, 5) is 12.9. The molecule has 0 heterocycles. The molecule has 0 fully saturated rings. The van der Waals surface area contributed by atoms with Crippen LogP contribution in [0.4, 0.5) is 5.69 Å². The molecule has 0 aliphatic carbocycles. The van der Waals surface area contributed by atoms with E-state index in [2.05, 4.69) is 6.07 Å². The predicted octanol–water partition coefficient (Wildman–Crippen LogP) is 2.60. The summed E-state index contributed by atoms with van der Waals surface area (Å²) in [5.74, 6) is -0.774. The molecule has 0 saturated carbocycles. The molecule has 3 heteroatoms. The normalized spacial score (nSPS) is 12.2. The predicted molar refractivity (Wildman–Crippen MR) is 66.0 cm³/mol. The molecule has 0 saturated heterocycles. The van der Waals surface area contributed by atoms with Crippen LogP contribution in [0.15, 0.2) is 18.2 Å². The number of benzene rings is 1. The number of anilines is 1. The maximum Gasteiger partial charge on any atom is 0.326 e. The van der Waals surface area contributed by atoms with Crippen LogP contribution in [0, 0.1) is 13.8 Å². The Hall–Kier alpha value is -1.51. The summed E-state index contributed by atoms with van der Waals surface area (Å²) in [5, 5.41) is 9.10. The van der Waals surface area contributed by atoms with Gasteiger partial charge in [-0.2, -0.15) is 0 Å². The maximum atomic E-state index is 11.1. The Balaban J connectivity index is 3.02. The standard InChI is InChI=1S/C13H19NO2/c1-5-12(13(15)16)14(4)11-7-9(2)6-10(3)8-11/h6-8,12H,5H2,1-4H3,(H,15,16)/t12-/m0/s1. The van der Waals surface area contributed by atoms with Crippen molar-refractivity contribution in [2.24, 2.45) is 0 Å². The van der Waals surface area contributed by atoms with Gasteiger partial charge in [0.1, 0.15) is 6.04 Å². The monoisotopic (exact) mass is 221 g/mol. The number of aryl methyl sites for hydroxylation is 2. The van der Waals surface area contributed by atoms with Crippen LogP contribution in [0.5, 0.6) is 0 Å². The molecular weight excluding hydrogens is 202 g/mol. The van der Waals surface area contributed by atoms with Crippen molar-refractivity contribution in [3.63, 3.8) is 0 Å². The van der Waals surface area contributed by atoms with E-state index >= 15 is 0 Å². The summed E-state index contributed by atoms with van der Waals surface area (Å²) in [7, 11) is 1.83. The van der Waals surface area contributed by atoms with Gasteiger partial charge in [0.05, 0.1) is 0 Å². The molecule has 3 nitrogen and oxygen atoms in total. The first-order chi connectivity index (χ1) is 7.45. The van der Waals surface area contributed by atoms with Gasteiger partial charge in [0.15, 0.2) is 0 Å². The van der Waals surface area contributed by atoms with E-state index in [9.17, 15) is 4.79 Å². The first-order valence-corrected chi connectivity index (χ1v) is 5.49. The highest BCUT2D eigenvalue weighted by molar-refractivity contribution is 5.78. The van der Waals surface area contributed by atoms with Gasteiger partial charge in [-0.15, -0.1) is 0 Å². The third-order valence-corrected chi connectivity index (χ3v) is 2.75. The summed E-state index contributed by atoms with van der Waals surface area (Å²) in [6, 6.07) is 5.65. The third kappa shape index (κ3) is 2.75. The van der Waals surface area contributed by atoms with Crippen LogP contribution in [0.25, 0.3) is 0 Å². The molecule has 88 valence electrons. The number of carbonyl (C=O) groups is 1. The molecule has 1 rings (SSSR count). The zero-order valence-electron chi connectivity index (χ0n) is 10.3. The van der Waals surface area contributed by atoms with E-state index in [0.29, 0.717) is 6.42 Å². The maximum absolute atomic E-state index is 11.1. The molecule has 1 aromatic rings. The van der Waals surface area contributed by atoms with E-state index in [4.69, 9.17) is 5.11 Å². The first-order valence-electron chi connectivity index (χ1n) is 5.49. The summed E-state index contributed by atoms with van der Waals surface area (Å²) in [6.07, 6.45) is 0.596. The van der Waals surface area contributed by atoms with Crippen molar-refractivity contribution in [3.8, 4) is 0 Å². The smallest absolute Gasteiger partial charge is 0.326 e. The van der Waals surface area contributed by atoms with E-state index in [0.717, 1.165) is 16.8 Å². The first kappa shape index (κ1) is 12.6. The number of carboxylic acids is 1. The molecule has 1 aromatic carbocycles. The Bertz CT molecular complexity index is 367. The number of hydrogen-bond acceptors (Lipinski definition) is 2. The largest absolute Gasteiger partial charge is 0.480 e. The highest BCUT2D eigenvalue weighted by Crippen LogP contribution is 2.20. The summed E-state index contributed by atoms with van der Waals surface area (Å²) < 4.78 is 0. The van der Waals surface area contributed by atoms with Gasteiger partial charge in [-0.25, -0.2) is 4.79 Å². The minimum absolute atomic E-state index is 0.457. The van der Waals surface area contributed by atoms with Crippen LogP contribution in [-0.2, 0) is 4.79 Å². The number of hydrogen-bond donors (Lipinski definition) is 1. The molecule has 0 unspecified atom stereocenters. The van der Waals surface area contributed by atoms with Gasteiger partial charge in [-0.1, -0.05) is 13.0 Å². The summed E-state index contributed by atoms with van der Waals surface area (Å²) in [6.45, 7) is 5.93. The van der Waals surface area contributed by atoms with Crippen molar-refractivity contribution in [2.75, 3.05) is 11.9 Å². The Morgan fingerprint density at radius 3 is 2.19 bits per heavy atom. The molecule has 1 N–H and O–H groups in total. The average Bonchev–Trinajstić information content (AvgIpc) is 2.16. The van der Waals surface area contributed by atoms with Gasteiger partial charge in [0.25, 0.3) is 0 Å².